The number of sulfonamides is 1. The highest BCUT2D eigenvalue weighted by Gasteiger charge is 2.49. The summed E-state index contributed by atoms with van der Waals surface area (Å²) in [6.07, 6.45) is 4.69. The molecule has 7 nitrogen and oxygen atoms in total. The second-order valence-electron chi connectivity index (χ2n) is 6.90. The Morgan fingerprint density at radius 3 is 2.77 bits per heavy atom. The Labute approximate surface area is 156 Å². The molecule has 0 spiro atoms. The van der Waals surface area contributed by atoms with Crippen molar-refractivity contribution in [1.29, 1.82) is 0 Å². The van der Waals surface area contributed by atoms with Crippen molar-refractivity contribution in [3.8, 4) is 0 Å². The predicted molar refractivity (Wildman–Crippen MR) is 100 cm³/mol. The van der Waals surface area contributed by atoms with Crippen LogP contribution in [0.5, 0.6) is 0 Å². The molecule has 4 atom stereocenters. The van der Waals surface area contributed by atoms with E-state index < -0.39 is 10.0 Å². The molecule has 1 aromatic carbocycles. The molecule has 1 aromatic heterocycles. The van der Waals surface area contributed by atoms with Crippen molar-refractivity contribution >= 4 is 38.1 Å². The number of hydrogen-bond donors (Lipinski definition) is 3. The third-order valence-electron chi connectivity index (χ3n) is 5.35. The van der Waals surface area contributed by atoms with E-state index in [4.69, 9.17) is 5.73 Å². The molecule has 9 heteroatoms. The number of anilines is 2. The van der Waals surface area contributed by atoms with Gasteiger partial charge in [0.05, 0.1) is 10.8 Å². The summed E-state index contributed by atoms with van der Waals surface area (Å²) in [5.74, 6) is 0.466. The molecule has 2 aliphatic rings. The van der Waals surface area contributed by atoms with Crippen LogP contribution in [0.4, 0.5) is 10.8 Å². The number of nitrogens with one attached hydrogen (secondary N) is 2. The molecule has 2 fully saturated rings. The van der Waals surface area contributed by atoms with E-state index in [0.717, 1.165) is 19.3 Å². The van der Waals surface area contributed by atoms with Crippen molar-refractivity contribution in [2.75, 3.05) is 10.0 Å². The van der Waals surface area contributed by atoms with Crippen LogP contribution >= 0.6 is 11.3 Å². The molecule has 1 amide bonds. The molecule has 2 saturated carbocycles. The molecule has 0 aliphatic heterocycles. The second-order valence-corrected chi connectivity index (χ2v) is 9.47. The topological polar surface area (TPSA) is 114 Å². The summed E-state index contributed by atoms with van der Waals surface area (Å²) in [7, 11) is -3.76. The Hall–Kier alpha value is -1.97. The highest BCUT2D eigenvalue weighted by molar-refractivity contribution is 7.93. The summed E-state index contributed by atoms with van der Waals surface area (Å²) in [6, 6.07) is 6.11. The number of nitrogens with two attached hydrogens (primary N) is 1. The fourth-order valence-electron chi connectivity index (χ4n) is 4.14. The van der Waals surface area contributed by atoms with Crippen LogP contribution in [0.25, 0.3) is 0 Å². The number of amides is 1. The molecule has 4 N–H and O–H groups in total. The maximum absolute atomic E-state index is 12.7. The van der Waals surface area contributed by atoms with Gasteiger partial charge < -0.3 is 11.1 Å². The number of aromatic nitrogens is 1. The van der Waals surface area contributed by atoms with Gasteiger partial charge in [0.15, 0.2) is 5.13 Å². The largest absolute Gasteiger partial charge is 0.327 e. The predicted octanol–water partition coefficient (Wildman–Crippen LogP) is 2.26. The summed E-state index contributed by atoms with van der Waals surface area (Å²) in [5.41, 5.74) is 6.67. The zero-order valence-corrected chi connectivity index (χ0v) is 15.6. The minimum atomic E-state index is -3.76. The molecule has 138 valence electrons. The van der Waals surface area contributed by atoms with Crippen LogP contribution in [-0.2, 0) is 14.8 Å². The monoisotopic (exact) mass is 392 g/mol. The lowest BCUT2D eigenvalue weighted by Gasteiger charge is -2.27. The Balaban J connectivity index is 1.50. The number of thiazole rings is 1. The Morgan fingerprint density at radius 1 is 1.27 bits per heavy atom. The van der Waals surface area contributed by atoms with E-state index in [1.807, 2.05) is 0 Å². The van der Waals surface area contributed by atoms with E-state index in [9.17, 15) is 13.2 Å². The first-order valence-corrected chi connectivity index (χ1v) is 10.9. The SMILES string of the molecule is NC1C2CCC(C2)C1C(=O)Nc1cccc(S(=O)(=O)Nc2nccs2)c1. The third-order valence-corrected chi connectivity index (χ3v) is 7.50. The maximum Gasteiger partial charge on any atom is 0.263 e. The van der Waals surface area contributed by atoms with Gasteiger partial charge in [0.2, 0.25) is 5.91 Å². The van der Waals surface area contributed by atoms with E-state index in [0.29, 0.717) is 22.7 Å². The zero-order chi connectivity index (χ0) is 18.3. The molecule has 1 heterocycles. The fourth-order valence-corrected chi connectivity index (χ4v) is 5.97. The molecule has 4 rings (SSSR count). The van der Waals surface area contributed by atoms with Crippen LogP contribution in [0.1, 0.15) is 19.3 Å². The number of carbonyl (C=O) groups excluding carboxylic acids is 1. The van der Waals surface area contributed by atoms with Crippen LogP contribution in [0.2, 0.25) is 0 Å². The average molecular weight is 393 g/mol. The first-order valence-electron chi connectivity index (χ1n) is 8.53. The molecule has 2 aliphatic carbocycles. The third kappa shape index (κ3) is 3.22. The van der Waals surface area contributed by atoms with Crippen LogP contribution in [0.15, 0.2) is 40.7 Å². The number of hydrogen-bond acceptors (Lipinski definition) is 6. The number of rotatable bonds is 5. The molecular weight excluding hydrogens is 372 g/mol. The fraction of sp³-hybridized carbons (Fsp3) is 0.412. The molecule has 0 saturated heterocycles. The summed E-state index contributed by atoms with van der Waals surface area (Å²) in [5, 5.41) is 4.83. The van der Waals surface area contributed by atoms with Crippen molar-refractivity contribution in [3.05, 3.63) is 35.8 Å². The lowest BCUT2D eigenvalue weighted by Crippen LogP contribution is -2.42. The zero-order valence-electron chi connectivity index (χ0n) is 14.0. The maximum atomic E-state index is 12.7. The Bertz CT molecular complexity index is 912. The van der Waals surface area contributed by atoms with Crippen molar-refractivity contribution in [2.45, 2.75) is 30.2 Å². The van der Waals surface area contributed by atoms with Gasteiger partial charge in [0.25, 0.3) is 10.0 Å². The first kappa shape index (κ1) is 17.4. The van der Waals surface area contributed by atoms with Gasteiger partial charge in [-0.3, -0.25) is 9.52 Å². The van der Waals surface area contributed by atoms with Crippen LogP contribution in [0, 0.1) is 17.8 Å². The summed E-state index contributed by atoms with van der Waals surface area (Å²) in [4.78, 5) is 16.7. The van der Waals surface area contributed by atoms with Crippen molar-refractivity contribution in [3.63, 3.8) is 0 Å². The van der Waals surface area contributed by atoms with Gasteiger partial charge in [-0.05, 0) is 49.3 Å². The summed E-state index contributed by atoms with van der Waals surface area (Å²) >= 11 is 1.20. The lowest BCUT2D eigenvalue weighted by molar-refractivity contribution is -0.121. The summed E-state index contributed by atoms with van der Waals surface area (Å²) < 4.78 is 27.4. The van der Waals surface area contributed by atoms with E-state index >= 15 is 0 Å². The Kier molecular flexibility index (Phi) is 4.45. The van der Waals surface area contributed by atoms with Gasteiger partial charge in [-0.2, -0.15) is 0 Å². The van der Waals surface area contributed by atoms with Gasteiger partial charge in [0, 0.05) is 23.3 Å². The minimum Gasteiger partial charge on any atom is -0.327 e. The van der Waals surface area contributed by atoms with Crippen molar-refractivity contribution in [1.82, 2.24) is 4.98 Å². The normalized spacial score (nSPS) is 27.4. The number of benzene rings is 1. The van der Waals surface area contributed by atoms with Gasteiger partial charge >= 0.3 is 0 Å². The molecular formula is C17H20N4O3S2. The standard InChI is InChI=1S/C17H20N4O3S2/c18-15-11-5-4-10(8-11)14(15)16(22)20-12-2-1-3-13(9-12)26(23,24)21-17-19-6-7-25-17/h1-3,6-7,9-11,14-15H,4-5,8,18H2,(H,19,21)(H,20,22). The molecule has 26 heavy (non-hydrogen) atoms. The van der Waals surface area contributed by atoms with Crippen LogP contribution in [-0.4, -0.2) is 25.4 Å². The first-order chi connectivity index (χ1) is 12.4. The van der Waals surface area contributed by atoms with Crippen molar-refractivity contribution in [2.24, 2.45) is 23.5 Å². The molecule has 0 radical (unpaired) electrons. The summed E-state index contributed by atoms with van der Waals surface area (Å²) in [6.45, 7) is 0. The highest BCUT2D eigenvalue weighted by Crippen LogP contribution is 2.47. The smallest absolute Gasteiger partial charge is 0.263 e. The lowest BCUT2D eigenvalue weighted by atomic mass is 9.84. The number of fused-ring (bicyclic) bond motifs is 2. The molecule has 4 unspecified atom stereocenters. The highest BCUT2D eigenvalue weighted by atomic mass is 32.2. The van der Waals surface area contributed by atoms with E-state index in [1.54, 1.807) is 17.5 Å². The Morgan fingerprint density at radius 2 is 2.08 bits per heavy atom. The van der Waals surface area contributed by atoms with Crippen LogP contribution < -0.4 is 15.8 Å². The quantitative estimate of drug-likeness (QED) is 0.722. The van der Waals surface area contributed by atoms with Crippen LogP contribution in [0.3, 0.4) is 0 Å². The van der Waals surface area contributed by atoms with Gasteiger partial charge in [-0.1, -0.05) is 6.07 Å². The molecule has 2 aromatic rings. The van der Waals surface area contributed by atoms with E-state index in [1.165, 1.54) is 29.7 Å². The van der Waals surface area contributed by atoms with Crippen molar-refractivity contribution < 1.29 is 13.2 Å². The number of carbonyl (C=O) groups is 1. The van der Waals surface area contributed by atoms with E-state index in [-0.39, 0.29) is 22.8 Å². The number of nitrogens with zero attached hydrogens (tertiary/aromatic N) is 1. The average Bonchev–Trinajstić information content (AvgIpc) is 3.32. The van der Waals surface area contributed by atoms with Gasteiger partial charge in [0.1, 0.15) is 0 Å². The van der Waals surface area contributed by atoms with Gasteiger partial charge in [-0.25, -0.2) is 13.4 Å². The minimum absolute atomic E-state index is 0.0720. The van der Waals surface area contributed by atoms with Gasteiger partial charge in [-0.15, -0.1) is 11.3 Å². The molecule has 2 bridgehead atoms. The van der Waals surface area contributed by atoms with E-state index in [2.05, 4.69) is 15.0 Å². The second kappa shape index (κ2) is 6.64.